The third-order valence-corrected chi connectivity index (χ3v) is 2.02. The normalized spacial score (nSPS) is 9.56. The van der Waals surface area contributed by atoms with Gasteiger partial charge in [0.2, 0.25) is 0 Å². The predicted octanol–water partition coefficient (Wildman–Crippen LogP) is 0.643. The monoisotopic (exact) mass is 252 g/mol. The van der Waals surface area contributed by atoms with Gasteiger partial charge in [-0.05, 0) is 23.8 Å². The lowest BCUT2D eigenvalue weighted by Crippen LogP contribution is -2.10. The molecule has 0 unspecified atom stereocenters. The Kier molecular flexibility index (Phi) is 3.68. The Hall–Kier alpha value is -2.83. The van der Waals surface area contributed by atoms with E-state index >= 15 is 0 Å². The molecule has 0 atom stereocenters. The first-order valence-electron chi connectivity index (χ1n) is 4.57. The lowest BCUT2D eigenvalue weighted by atomic mass is 10.1. The van der Waals surface area contributed by atoms with Gasteiger partial charge in [0.1, 0.15) is 16.9 Å². The minimum Gasteiger partial charge on any atom is -0.507 e. The highest BCUT2D eigenvalue weighted by Crippen LogP contribution is 2.20. The second-order valence-corrected chi connectivity index (χ2v) is 3.25. The van der Waals surface area contributed by atoms with Crippen LogP contribution in [0.25, 0.3) is 6.08 Å². The summed E-state index contributed by atoms with van der Waals surface area (Å²) < 4.78 is 0. The van der Waals surface area contributed by atoms with Crippen molar-refractivity contribution in [2.75, 3.05) is 0 Å². The maximum atomic E-state index is 10.7. The highest BCUT2D eigenvalue weighted by molar-refractivity contribution is 6.16. The number of rotatable bonds is 4. The van der Waals surface area contributed by atoms with Crippen LogP contribution in [0.2, 0.25) is 0 Å². The number of aromatic carboxylic acids is 1. The fourth-order valence-corrected chi connectivity index (χ4v) is 1.20. The van der Waals surface area contributed by atoms with Gasteiger partial charge in [0, 0.05) is 0 Å². The SMILES string of the molecule is O=C(O)C(=Cc1ccc(O)c(C(=O)O)c1)C(=O)O. The molecule has 18 heavy (non-hydrogen) atoms. The minimum absolute atomic E-state index is 0.0463. The Morgan fingerprint density at radius 3 is 2.00 bits per heavy atom. The van der Waals surface area contributed by atoms with E-state index in [1.54, 1.807) is 0 Å². The van der Waals surface area contributed by atoms with Crippen LogP contribution in [0.4, 0.5) is 0 Å². The van der Waals surface area contributed by atoms with Crippen LogP contribution in [0.3, 0.4) is 0 Å². The van der Waals surface area contributed by atoms with E-state index < -0.39 is 34.8 Å². The maximum Gasteiger partial charge on any atom is 0.343 e. The molecule has 0 spiro atoms. The van der Waals surface area contributed by atoms with Crippen LogP contribution >= 0.6 is 0 Å². The molecule has 1 rings (SSSR count). The van der Waals surface area contributed by atoms with Gasteiger partial charge in [0.25, 0.3) is 0 Å². The summed E-state index contributed by atoms with van der Waals surface area (Å²) >= 11 is 0. The van der Waals surface area contributed by atoms with Crippen molar-refractivity contribution in [3.8, 4) is 5.75 Å². The van der Waals surface area contributed by atoms with Crippen LogP contribution < -0.4 is 0 Å². The first-order chi connectivity index (χ1) is 8.32. The number of carbonyl (C=O) groups is 3. The number of hydrogen-bond donors (Lipinski definition) is 4. The molecule has 7 nitrogen and oxygen atoms in total. The summed E-state index contributed by atoms with van der Waals surface area (Å²) in [4.78, 5) is 31.9. The number of carboxylic acid groups (broad SMARTS) is 3. The van der Waals surface area contributed by atoms with Gasteiger partial charge < -0.3 is 20.4 Å². The third-order valence-electron chi connectivity index (χ3n) is 2.02. The van der Waals surface area contributed by atoms with Crippen molar-refractivity contribution in [1.82, 2.24) is 0 Å². The highest BCUT2D eigenvalue weighted by atomic mass is 16.4. The number of hydrogen-bond acceptors (Lipinski definition) is 4. The van der Waals surface area contributed by atoms with Gasteiger partial charge in [-0.15, -0.1) is 0 Å². The Morgan fingerprint density at radius 2 is 1.56 bits per heavy atom. The number of aromatic hydroxyl groups is 1. The highest BCUT2D eigenvalue weighted by Gasteiger charge is 2.17. The van der Waals surface area contributed by atoms with Crippen molar-refractivity contribution in [2.45, 2.75) is 0 Å². The van der Waals surface area contributed by atoms with E-state index in [1.807, 2.05) is 0 Å². The van der Waals surface area contributed by atoms with E-state index in [0.717, 1.165) is 18.2 Å². The second kappa shape index (κ2) is 5.00. The molecule has 94 valence electrons. The zero-order chi connectivity index (χ0) is 13.9. The van der Waals surface area contributed by atoms with Gasteiger partial charge in [0.15, 0.2) is 0 Å². The quantitative estimate of drug-likeness (QED) is 0.351. The Morgan fingerprint density at radius 1 is 1.00 bits per heavy atom. The molecule has 0 aliphatic rings. The summed E-state index contributed by atoms with van der Waals surface area (Å²) in [6.45, 7) is 0. The van der Waals surface area contributed by atoms with E-state index in [2.05, 4.69) is 0 Å². The molecule has 0 saturated heterocycles. The molecule has 0 bridgehead atoms. The van der Waals surface area contributed by atoms with Crippen molar-refractivity contribution in [3.63, 3.8) is 0 Å². The van der Waals surface area contributed by atoms with Gasteiger partial charge in [-0.3, -0.25) is 0 Å². The fraction of sp³-hybridized carbons (Fsp3) is 0. The molecule has 1 aromatic carbocycles. The van der Waals surface area contributed by atoms with Gasteiger partial charge in [-0.2, -0.15) is 0 Å². The summed E-state index contributed by atoms with van der Waals surface area (Å²) in [5, 5.41) is 35.2. The topological polar surface area (TPSA) is 132 Å². The van der Waals surface area contributed by atoms with Crippen molar-refractivity contribution in [1.29, 1.82) is 0 Å². The van der Waals surface area contributed by atoms with Gasteiger partial charge in [-0.25, -0.2) is 14.4 Å². The largest absolute Gasteiger partial charge is 0.507 e. The Balaban J connectivity index is 3.30. The molecule has 0 aromatic heterocycles. The molecule has 0 heterocycles. The van der Waals surface area contributed by atoms with E-state index in [-0.39, 0.29) is 5.56 Å². The molecule has 0 aliphatic carbocycles. The number of aliphatic carboxylic acids is 2. The van der Waals surface area contributed by atoms with Gasteiger partial charge in [0.05, 0.1) is 0 Å². The predicted molar refractivity (Wildman–Crippen MR) is 58.3 cm³/mol. The number of phenols is 1. The maximum absolute atomic E-state index is 10.7. The summed E-state index contributed by atoms with van der Waals surface area (Å²) in [7, 11) is 0. The summed E-state index contributed by atoms with van der Waals surface area (Å²) in [6.07, 6.45) is 0.802. The lowest BCUT2D eigenvalue weighted by molar-refractivity contribution is -0.140. The molecule has 0 radical (unpaired) electrons. The molecule has 0 amide bonds. The van der Waals surface area contributed by atoms with Crippen LogP contribution in [-0.2, 0) is 9.59 Å². The molecular formula is C11H8O7. The zero-order valence-corrected chi connectivity index (χ0v) is 8.82. The van der Waals surface area contributed by atoms with Crippen LogP contribution in [0, 0.1) is 0 Å². The number of benzene rings is 1. The zero-order valence-electron chi connectivity index (χ0n) is 8.82. The van der Waals surface area contributed by atoms with Crippen LogP contribution in [0.15, 0.2) is 23.8 Å². The molecule has 4 N–H and O–H groups in total. The molecule has 1 aromatic rings. The van der Waals surface area contributed by atoms with Crippen molar-refractivity contribution < 1.29 is 34.8 Å². The average Bonchev–Trinajstić information content (AvgIpc) is 2.26. The van der Waals surface area contributed by atoms with Crippen LogP contribution in [0.5, 0.6) is 5.75 Å². The second-order valence-electron chi connectivity index (χ2n) is 3.25. The standard InChI is InChI=1S/C11H8O7/c12-8-2-1-5(3-6(8)9(13)14)4-7(10(15)16)11(17)18/h1-4,12H,(H,13,14)(H,15,16)(H,17,18). The van der Waals surface area contributed by atoms with Crippen LogP contribution in [-0.4, -0.2) is 38.3 Å². The molecule has 0 saturated carbocycles. The molecule has 0 fully saturated rings. The van der Waals surface area contributed by atoms with Crippen molar-refractivity contribution in [2.24, 2.45) is 0 Å². The summed E-state index contributed by atoms with van der Waals surface area (Å²) in [6, 6.07) is 3.22. The van der Waals surface area contributed by atoms with E-state index in [0.29, 0.717) is 0 Å². The van der Waals surface area contributed by atoms with Crippen molar-refractivity contribution in [3.05, 3.63) is 34.9 Å². The smallest absolute Gasteiger partial charge is 0.343 e. The van der Waals surface area contributed by atoms with Crippen LogP contribution in [0.1, 0.15) is 15.9 Å². The molecule has 0 aliphatic heterocycles. The fourth-order valence-electron chi connectivity index (χ4n) is 1.20. The minimum atomic E-state index is -1.65. The Bertz CT molecular complexity index is 541. The first kappa shape index (κ1) is 13.2. The average molecular weight is 252 g/mol. The van der Waals surface area contributed by atoms with Crippen molar-refractivity contribution >= 4 is 24.0 Å². The molecule has 7 heteroatoms. The number of carboxylic acids is 3. The van der Waals surface area contributed by atoms with E-state index in [9.17, 15) is 19.5 Å². The third kappa shape index (κ3) is 2.85. The Labute approximate surface area is 100 Å². The van der Waals surface area contributed by atoms with E-state index in [1.165, 1.54) is 6.07 Å². The summed E-state index contributed by atoms with van der Waals surface area (Å²) in [5.41, 5.74) is -1.30. The van der Waals surface area contributed by atoms with E-state index in [4.69, 9.17) is 15.3 Å². The first-order valence-corrected chi connectivity index (χ1v) is 4.57. The summed E-state index contributed by atoms with van der Waals surface area (Å²) in [5.74, 6) is -5.19. The lowest BCUT2D eigenvalue weighted by Gasteiger charge is -2.01. The molecular weight excluding hydrogens is 244 g/mol. The van der Waals surface area contributed by atoms with Gasteiger partial charge >= 0.3 is 17.9 Å². The van der Waals surface area contributed by atoms with Gasteiger partial charge in [-0.1, -0.05) is 6.07 Å².